The fourth-order valence-corrected chi connectivity index (χ4v) is 6.21. The lowest BCUT2D eigenvalue weighted by Gasteiger charge is -2.32. The van der Waals surface area contributed by atoms with Crippen molar-refractivity contribution in [2.45, 2.75) is 44.2 Å². The number of urea groups is 1. The van der Waals surface area contributed by atoms with E-state index in [1.807, 2.05) is 12.1 Å². The van der Waals surface area contributed by atoms with Crippen molar-refractivity contribution in [3.8, 4) is 11.1 Å². The molecule has 2 fully saturated rings. The van der Waals surface area contributed by atoms with E-state index in [-0.39, 0.29) is 49.0 Å². The molecule has 4 aromatic rings. The number of nitrogens with one attached hydrogen (secondary N) is 2. The Morgan fingerprint density at radius 2 is 1.82 bits per heavy atom. The van der Waals surface area contributed by atoms with Crippen LogP contribution >= 0.6 is 11.6 Å². The second-order valence-electron chi connectivity index (χ2n) is 11.7. The molecule has 0 aliphatic carbocycles. The fraction of sp³-hybridized carbons (Fsp3) is 0.324. The van der Waals surface area contributed by atoms with E-state index < -0.39 is 30.4 Å². The maximum Gasteiger partial charge on any atom is 0.322 e. The number of anilines is 2. The number of halogens is 4. The monoisotopic (exact) mass is 697 g/mol. The van der Waals surface area contributed by atoms with Crippen molar-refractivity contribution < 1.29 is 32.3 Å². The highest BCUT2D eigenvalue weighted by Crippen LogP contribution is 2.32. The van der Waals surface area contributed by atoms with Gasteiger partial charge in [-0.15, -0.1) is 0 Å². The number of fused-ring (bicyclic) bond motifs is 1. The molecule has 3 aromatic carbocycles. The summed E-state index contributed by atoms with van der Waals surface area (Å²) in [6.45, 7) is -0.168. The number of hydrogen-bond acceptors (Lipinski definition) is 6. The number of carbonyl (C=O) groups excluding carboxylic acids is 4. The van der Waals surface area contributed by atoms with Gasteiger partial charge >= 0.3 is 6.03 Å². The van der Waals surface area contributed by atoms with Crippen molar-refractivity contribution in [3.63, 3.8) is 0 Å². The van der Waals surface area contributed by atoms with E-state index in [4.69, 9.17) is 17.3 Å². The van der Waals surface area contributed by atoms with Crippen molar-refractivity contribution >= 4 is 58.0 Å². The first-order chi connectivity index (χ1) is 23.4. The zero-order valence-electron chi connectivity index (χ0n) is 26.6. The van der Waals surface area contributed by atoms with Crippen LogP contribution in [0.3, 0.4) is 0 Å². The Labute approximate surface area is 285 Å². The van der Waals surface area contributed by atoms with Crippen LogP contribution in [0.4, 0.5) is 29.3 Å². The average molecular weight is 698 g/mol. The van der Waals surface area contributed by atoms with Gasteiger partial charge in [0.15, 0.2) is 11.5 Å². The van der Waals surface area contributed by atoms with Gasteiger partial charge in [-0.05, 0) is 49.6 Å². The number of primary amides is 1. The number of alkyl halides is 2. The Kier molecular flexibility index (Phi) is 10.8. The Morgan fingerprint density at radius 3 is 2.51 bits per heavy atom. The highest BCUT2D eigenvalue weighted by molar-refractivity contribution is 6.33. The molecule has 4 N–H and O–H groups in total. The van der Waals surface area contributed by atoms with E-state index in [1.54, 1.807) is 43.4 Å². The summed E-state index contributed by atoms with van der Waals surface area (Å²) in [5, 5.41) is 10.4. The number of aromatic nitrogens is 2. The molecule has 49 heavy (non-hydrogen) atoms. The van der Waals surface area contributed by atoms with E-state index in [1.165, 1.54) is 21.7 Å². The van der Waals surface area contributed by atoms with E-state index in [0.717, 1.165) is 17.6 Å². The lowest BCUT2D eigenvalue weighted by molar-refractivity contribution is -0.135. The Balaban J connectivity index is 0.000000244. The molecule has 6 rings (SSSR count). The summed E-state index contributed by atoms with van der Waals surface area (Å²) in [5.41, 5.74) is 7.76. The van der Waals surface area contributed by atoms with Crippen LogP contribution in [0.25, 0.3) is 22.0 Å². The van der Waals surface area contributed by atoms with E-state index in [9.17, 15) is 32.3 Å². The second kappa shape index (κ2) is 15.0. The first-order valence-electron chi connectivity index (χ1n) is 15.6. The van der Waals surface area contributed by atoms with Crippen molar-refractivity contribution in [1.29, 1.82) is 0 Å². The van der Waals surface area contributed by atoms with E-state index in [0.29, 0.717) is 45.7 Å². The number of nitrogens with zero attached hydrogens (tertiary/aromatic N) is 4. The lowest BCUT2D eigenvalue weighted by atomic mass is 10.0. The largest absolute Gasteiger partial charge is 0.386 e. The Hall–Kier alpha value is -5.11. The van der Waals surface area contributed by atoms with Gasteiger partial charge in [0.1, 0.15) is 12.8 Å². The molecule has 0 saturated carbocycles. The quantitative estimate of drug-likeness (QED) is 0.209. The van der Waals surface area contributed by atoms with Gasteiger partial charge in [0.25, 0.3) is 11.8 Å². The Bertz CT molecular complexity index is 1890. The molecule has 0 radical (unpaired) electrons. The number of aldehydes is 1. The number of hydrogen-bond donors (Lipinski definition) is 3. The van der Waals surface area contributed by atoms with E-state index in [2.05, 4.69) is 15.7 Å². The predicted molar refractivity (Wildman–Crippen MR) is 180 cm³/mol. The SMILES string of the molecule is CNc1cccc(-c2ccccc2Cl)c1F.NC(=O)c1nn(CC(=O)N2CCCC2C=O)c2ccc(NC(=O)N3CCCC(F)(F)C3)cc12. The van der Waals surface area contributed by atoms with Gasteiger partial charge in [-0.25, -0.2) is 18.0 Å². The number of amides is 4. The van der Waals surface area contributed by atoms with Crippen molar-refractivity contribution in [3.05, 3.63) is 77.2 Å². The molecule has 2 aliphatic rings. The molecule has 1 aromatic heterocycles. The van der Waals surface area contributed by atoms with Gasteiger partial charge in [0.2, 0.25) is 5.91 Å². The normalized spacial score (nSPS) is 16.9. The minimum Gasteiger partial charge on any atom is -0.386 e. The molecular weight excluding hydrogens is 663 g/mol. The highest BCUT2D eigenvalue weighted by Gasteiger charge is 2.37. The van der Waals surface area contributed by atoms with E-state index >= 15 is 0 Å². The van der Waals surface area contributed by atoms with Crippen molar-refractivity contribution in [2.75, 3.05) is 37.3 Å². The highest BCUT2D eigenvalue weighted by atomic mass is 35.5. The Morgan fingerprint density at radius 1 is 1.06 bits per heavy atom. The maximum absolute atomic E-state index is 14.0. The molecule has 2 aliphatic heterocycles. The molecule has 0 spiro atoms. The molecule has 2 saturated heterocycles. The number of rotatable bonds is 7. The molecule has 1 unspecified atom stereocenters. The van der Waals surface area contributed by atoms with Crippen LogP contribution in [0.15, 0.2) is 60.7 Å². The van der Waals surface area contributed by atoms with Crippen LogP contribution in [-0.4, -0.2) is 82.4 Å². The summed E-state index contributed by atoms with van der Waals surface area (Å²) in [7, 11) is 1.69. The van der Waals surface area contributed by atoms with Crippen LogP contribution in [-0.2, 0) is 16.1 Å². The van der Waals surface area contributed by atoms with Crippen LogP contribution in [0.2, 0.25) is 5.02 Å². The minimum absolute atomic E-state index is 0.0910. The van der Waals surface area contributed by atoms with Gasteiger partial charge in [-0.1, -0.05) is 41.9 Å². The third-order valence-electron chi connectivity index (χ3n) is 8.41. The summed E-state index contributed by atoms with van der Waals surface area (Å²) in [6.07, 6.45) is 2.02. The fourth-order valence-electron chi connectivity index (χ4n) is 5.98. The lowest BCUT2D eigenvalue weighted by Crippen LogP contribution is -2.47. The molecule has 11 nitrogen and oxygen atoms in total. The molecule has 15 heteroatoms. The molecule has 258 valence electrons. The third-order valence-corrected chi connectivity index (χ3v) is 8.74. The van der Waals surface area contributed by atoms with Gasteiger partial charge in [0, 0.05) is 53.8 Å². The van der Waals surface area contributed by atoms with Crippen LogP contribution in [0, 0.1) is 5.82 Å². The second-order valence-corrected chi connectivity index (χ2v) is 12.2. The first kappa shape index (κ1) is 35.2. The minimum atomic E-state index is -2.93. The predicted octanol–water partition coefficient (Wildman–Crippen LogP) is 5.78. The number of benzene rings is 3. The topological polar surface area (TPSA) is 143 Å². The summed E-state index contributed by atoms with van der Waals surface area (Å²) >= 11 is 6.04. The maximum atomic E-state index is 14.0. The molecule has 1 atom stereocenters. The van der Waals surface area contributed by atoms with Crippen LogP contribution in [0.1, 0.15) is 36.2 Å². The summed E-state index contributed by atoms with van der Waals surface area (Å²) in [6, 6.07) is 15.8. The molecule has 4 amide bonds. The smallest absolute Gasteiger partial charge is 0.322 e. The number of nitrogens with two attached hydrogens (primary N) is 1. The van der Waals surface area contributed by atoms with Crippen LogP contribution in [0.5, 0.6) is 0 Å². The summed E-state index contributed by atoms with van der Waals surface area (Å²) in [4.78, 5) is 50.8. The molecule has 0 bridgehead atoms. The van der Waals surface area contributed by atoms with Crippen LogP contribution < -0.4 is 16.4 Å². The average Bonchev–Trinajstić information content (AvgIpc) is 3.70. The van der Waals surface area contributed by atoms with Gasteiger partial charge in [-0.3, -0.25) is 14.3 Å². The van der Waals surface area contributed by atoms with Crippen molar-refractivity contribution in [2.24, 2.45) is 5.73 Å². The summed E-state index contributed by atoms with van der Waals surface area (Å²) < 4.78 is 42.6. The number of likely N-dealkylation sites (tertiary alicyclic amines) is 2. The molecule has 3 heterocycles. The van der Waals surface area contributed by atoms with Gasteiger partial charge < -0.3 is 31.0 Å². The van der Waals surface area contributed by atoms with Gasteiger partial charge in [0.05, 0.1) is 23.8 Å². The summed E-state index contributed by atoms with van der Waals surface area (Å²) in [5.74, 6) is -4.34. The third kappa shape index (κ3) is 7.96. The van der Waals surface area contributed by atoms with Gasteiger partial charge in [-0.2, -0.15) is 5.10 Å². The van der Waals surface area contributed by atoms with Crippen molar-refractivity contribution in [1.82, 2.24) is 19.6 Å². The standard InChI is InChI=1S/C21H24F2N6O4.C13H11ClFN/c22-21(23)6-2-7-27(12-21)20(33)25-13-4-5-16-15(9-13)18(19(24)32)26-29(16)10-17(31)28-8-1-3-14(28)11-30;1-16-12-8-4-6-10(13(12)15)9-5-2-3-7-11(9)14/h4-5,9,11,14H,1-3,6-8,10,12H2,(H2,24,32)(H,25,33);2-8,16H,1H3. The number of carbonyl (C=O) groups is 4. The zero-order valence-corrected chi connectivity index (χ0v) is 27.4. The molecular formula is C34H35ClF3N7O4. The number of piperidine rings is 1. The zero-order chi connectivity index (χ0) is 35.3. The first-order valence-corrected chi connectivity index (χ1v) is 16.0.